The molecule has 2 aromatic carbocycles. The highest BCUT2D eigenvalue weighted by Gasteiger charge is 2.18. The van der Waals surface area contributed by atoms with Gasteiger partial charge in [-0.1, -0.05) is 12.1 Å². The molecule has 0 aliphatic heterocycles. The first-order valence-corrected chi connectivity index (χ1v) is 6.18. The molecule has 0 aromatic heterocycles. The lowest BCUT2D eigenvalue weighted by Crippen LogP contribution is -2.16. The molecule has 1 atom stereocenters. The van der Waals surface area contributed by atoms with Crippen molar-refractivity contribution in [3.63, 3.8) is 0 Å². The molecule has 2 N–H and O–H groups in total. The summed E-state index contributed by atoms with van der Waals surface area (Å²) >= 11 is 0. The van der Waals surface area contributed by atoms with E-state index in [1.54, 1.807) is 13.0 Å². The lowest BCUT2D eigenvalue weighted by atomic mass is 9.91. The smallest absolute Gasteiger partial charge is 0.128 e. The first-order valence-electron chi connectivity index (χ1n) is 6.18. The highest BCUT2D eigenvalue weighted by molar-refractivity contribution is 5.42. The monoisotopic (exact) mass is 261 g/mol. The van der Waals surface area contributed by atoms with E-state index in [9.17, 15) is 8.78 Å². The Hall–Kier alpha value is -1.74. The Bertz CT molecular complexity index is 597. The zero-order valence-electron chi connectivity index (χ0n) is 11.3. The second kappa shape index (κ2) is 5.10. The highest BCUT2D eigenvalue weighted by atomic mass is 19.1. The standard InChI is InChI=1S/C16H17F2N/c1-9-6-11(3)15(14(18)7-9)16(19)13-5-4-12(17)8-10(13)2/h4-8,16H,19H2,1-3H3. The molecule has 0 heterocycles. The Morgan fingerprint density at radius 2 is 1.63 bits per heavy atom. The minimum Gasteiger partial charge on any atom is -0.320 e. The largest absolute Gasteiger partial charge is 0.320 e. The van der Waals surface area contributed by atoms with Gasteiger partial charge in [0.25, 0.3) is 0 Å². The molecular formula is C16H17F2N. The molecule has 2 rings (SSSR count). The van der Waals surface area contributed by atoms with Crippen molar-refractivity contribution in [2.45, 2.75) is 26.8 Å². The zero-order chi connectivity index (χ0) is 14.2. The average molecular weight is 261 g/mol. The van der Waals surface area contributed by atoms with Crippen LogP contribution in [0.3, 0.4) is 0 Å². The third-order valence-electron chi connectivity index (χ3n) is 3.36. The van der Waals surface area contributed by atoms with Crippen LogP contribution in [0.2, 0.25) is 0 Å². The molecule has 0 bridgehead atoms. The summed E-state index contributed by atoms with van der Waals surface area (Å²) in [6.07, 6.45) is 0. The Morgan fingerprint density at radius 1 is 0.947 bits per heavy atom. The third kappa shape index (κ3) is 2.66. The van der Waals surface area contributed by atoms with Crippen LogP contribution in [0.4, 0.5) is 8.78 Å². The van der Waals surface area contributed by atoms with Gasteiger partial charge in [0.15, 0.2) is 0 Å². The molecule has 0 fully saturated rings. The topological polar surface area (TPSA) is 26.0 Å². The van der Waals surface area contributed by atoms with Gasteiger partial charge in [0.2, 0.25) is 0 Å². The SMILES string of the molecule is Cc1cc(C)c(C(N)c2ccc(F)cc2C)c(F)c1. The number of rotatable bonds is 2. The van der Waals surface area contributed by atoms with Crippen LogP contribution in [0.5, 0.6) is 0 Å². The number of nitrogens with two attached hydrogens (primary N) is 1. The van der Waals surface area contributed by atoms with Gasteiger partial charge in [-0.25, -0.2) is 8.78 Å². The van der Waals surface area contributed by atoms with E-state index in [4.69, 9.17) is 5.73 Å². The Labute approximate surface area is 112 Å². The van der Waals surface area contributed by atoms with E-state index in [1.165, 1.54) is 18.2 Å². The van der Waals surface area contributed by atoms with Crippen molar-refractivity contribution >= 4 is 0 Å². The van der Waals surface area contributed by atoms with E-state index in [0.29, 0.717) is 5.56 Å². The van der Waals surface area contributed by atoms with Gasteiger partial charge in [-0.15, -0.1) is 0 Å². The van der Waals surface area contributed by atoms with Crippen molar-refractivity contribution in [1.82, 2.24) is 0 Å². The molecular weight excluding hydrogens is 244 g/mol. The number of hydrogen-bond donors (Lipinski definition) is 1. The van der Waals surface area contributed by atoms with Crippen LogP contribution in [-0.4, -0.2) is 0 Å². The summed E-state index contributed by atoms with van der Waals surface area (Å²) in [4.78, 5) is 0. The lowest BCUT2D eigenvalue weighted by molar-refractivity contribution is 0.594. The third-order valence-corrected chi connectivity index (χ3v) is 3.36. The molecule has 100 valence electrons. The quantitative estimate of drug-likeness (QED) is 0.870. The molecule has 3 heteroatoms. The Morgan fingerprint density at radius 3 is 2.21 bits per heavy atom. The van der Waals surface area contributed by atoms with E-state index in [-0.39, 0.29) is 11.6 Å². The summed E-state index contributed by atoms with van der Waals surface area (Å²) in [5, 5.41) is 0. The van der Waals surface area contributed by atoms with Crippen LogP contribution in [0.15, 0.2) is 30.3 Å². The maximum Gasteiger partial charge on any atom is 0.128 e. The highest BCUT2D eigenvalue weighted by Crippen LogP contribution is 2.28. The summed E-state index contributed by atoms with van der Waals surface area (Å²) in [5.74, 6) is -0.622. The first kappa shape index (κ1) is 13.7. The fraction of sp³-hybridized carbons (Fsp3) is 0.250. The molecule has 0 radical (unpaired) electrons. The van der Waals surface area contributed by atoms with Crippen LogP contribution in [0.25, 0.3) is 0 Å². The van der Waals surface area contributed by atoms with Gasteiger partial charge in [0.1, 0.15) is 11.6 Å². The molecule has 0 spiro atoms. The summed E-state index contributed by atoms with van der Waals surface area (Å²) in [7, 11) is 0. The summed E-state index contributed by atoms with van der Waals surface area (Å²) < 4.78 is 27.2. The first-order chi connectivity index (χ1) is 8.90. The van der Waals surface area contributed by atoms with Gasteiger partial charge < -0.3 is 5.73 Å². The molecule has 0 aliphatic carbocycles. The number of aryl methyl sites for hydroxylation is 3. The molecule has 2 aromatic rings. The van der Waals surface area contributed by atoms with Crippen molar-refractivity contribution in [3.8, 4) is 0 Å². The second-order valence-corrected chi connectivity index (χ2v) is 4.96. The Kier molecular flexibility index (Phi) is 3.67. The maximum atomic E-state index is 14.1. The van der Waals surface area contributed by atoms with E-state index in [2.05, 4.69) is 0 Å². The van der Waals surface area contributed by atoms with Crippen molar-refractivity contribution < 1.29 is 8.78 Å². The predicted octanol–water partition coefficient (Wildman–Crippen LogP) is 3.94. The molecule has 0 aliphatic rings. The van der Waals surface area contributed by atoms with Gasteiger partial charge in [0, 0.05) is 5.56 Å². The molecule has 1 nitrogen and oxygen atoms in total. The Balaban J connectivity index is 2.53. The second-order valence-electron chi connectivity index (χ2n) is 4.96. The number of hydrogen-bond acceptors (Lipinski definition) is 1. The van der Waals surface area contributed by atoms with Crippen LogP contribution in [0.1, 0.15) is 33.9 Å². The van der Waals surface area contributed by atoms with Gasteiger partial charge in [-0.3, -0.25) is 0 Å². The summed E-state index contributed by atoms with van der Waals surface area (Å²) in [5.41, 5.74) is 9.78. The van der Waals surface area contributed by atoms with Gasteiger partial charge in [0.05, 0.1) is 6.04 Å². The fourth-order valence-electron chi connectivity index (χ4n) is 2.46. The minimum atomic E-state index is -0.582. The van der Waals surface area contributed by atoms with Crippen molar-refractivity contribution in [2.75, 3.05) is 0 Å². The van der Waals surface area contributed by atoms with Crippen molar-refractivity contribution in [2.24, 2.45) is 5.73 Å². The van der Waals surface area contributed by atoms with Crippen LogP contribution in [-0.2, 0) is 0 Å². The van der Waals surface area contributed by atoms with E-state index in [1.807, 2.05) is 19.9 Å². The predicted molar refractivity (Wildman–Crippen MR) is 73.0 cm³/mol. The normalized spacial score (nSPS) is 12.5. The number of benzene rings is 2. The minimum absolute atomic E-state index is 0.311. The van der Waals surface area contributed by atoms with E-state index >= 15 is 0 Å². The molecule has 0 saturated heterocycles. The lowest BCUT2D eigenvalue weighted by Gasteiger charge is -2.19. The zero-order valence-corrected chi connectivity index (χ0v) is 11.3. The maximum absolute atomic E-state index is 14.1. The van der Waals surface area contributed by atoms with Crippen molar-refractivity contribution in [1.29, 1.82) is 0 Å². The van der Waals surface area contributed by atoms with Crippen molar-refractivity contribution in [3.05, 3.63) is 69.8 Å². The number of halogens is 2. The average Bonchev–Trinajstić information content (AvgIpc) is 2.26. The van der Waals surface area contributed by atoms with E-state index < -0.39 is 6.04 Å². The summed E-state index contributed by atoms with van der Waals surface area (Å²) in [6, 6.07) is 7.17. The van der Waals surface area contributed by atoms with Gasteiger partial charge >= 0.3 is 0 Å². The van der Waals surface area contributed by atoms with Crippen LogP contribution in [0, 0.1) is 32.4 Å². The fourth-order valence-corrected chi connectivity index (χ4v) is 2.46. The summed E-state index contributed by atoms with van der Waals surface area (Å²) in [6.45, 7) is 5.46. The molecule has 0 amide bonds. The molecule has 0 saturated carbocycles. The van der Waals surface area contributed by atoms with Gasteiger partial charge in [-0.05, 0) is 61.2 Å². The van der Waals surface area contributed by atoms with Crippen LogP contribution >= 0.6 is 0 Å². The molecule has 1 unspecified atom stereocenters. The van der Waals surface area contributed by atoms with E-state index in [0.717, 1.165) is 22.3 Å². The van der Waals surface area contributed by atoms with Crippen LogP contribution < -0.4 is 5.73 Å². The molecule has 19 heavy (non-hydrogen) atoms. The van der Waals surface area contributed by atoms with Gasteiger partial charge in [-0.2, -0.15) is 0 Å².